The number of halogens is 2. The van der Waals surface area contributed by atoms with Crippen LogP contribution in [0.2, 0.25) is 10.0 Å². The summed E-state index contributed by atoms with van der Waals surface area (Å²) in [5.41, 5.74) is 1.89. The van der Waals surface area contributed by atoms with Crippen molar-refractivity contribution in [1.82, 2.24) is 5.32 Å². The Morgan fingerprint density at radius 2 is 1.86 bits per heavy atom. The molecule has 0 aromatic heterocycles. The maximum atomic E-state index is 9.94. The van der Waals surface area contributed by atoms with Crippen LogP contribution in [0.1, 0.15) is 24.1 Å². The van der Waals surface area contributed by atoms with E-state index in [1.54, 1.807) is 17.8 Å². The van der Waals surface area contributed by atoms with Crippen molar-refractivity contribution in [2.45, 2.75) is 24.4 Å². The van der Waals surface area contributed by atoms with Crippen molar-refractivity contribution in [2.24, 2.45) is 0 Å². The van der Waals surface area contributed by atoms with Gasteiger partial charge in [-0.15, -0.1) is 11.8 Å². The van der Waals surface area contributed by atoms with Gasteiger partial charge in [-0.1, -0.05) is 35.3 Å². The summed E-state index contributed by atoms with van der Waals surface area (Å²) in [6, 6.07) is 11.8. The molecule has 0 aliphatic heterocycles. The summed E-state index contributed by atoms with van der Waals surface area (Å²) in [7, 11) is 0. The quantitative estimate of drug-likeness (QED) is 0.726. The molecule has 0 aliphatic carbocycles. The second-order valence-corrected chi connectivity index (χ2v) is 6.49. The summed E-state index contributed by atoms with van der Waals surface area (Å²) in [4.78, 5) is 1.24. The zero-order valence-electron chi connectivity index (χ0n) is 11.9. The molecular weight excluding hydrogens is 325 g/mol. The minimum Gasteiger partial charge on any atom is -0.506 e. The van der Waals surface area contributed by atoms with Gasteiger partial charge in [0.1, 0.15) is 5.75 Å². The molecule has 2 rings (SSSR count). The molecule has 5 heteroatoms. The van der Waals surface area contributed by atoms with Crippen molar-refractivity contribution in [3.05, 3.63) is 57.6 Å². The molecule has 0 saturated carbocycles. The number of nitrogens with one attached hydrogen (secondary N) is 1. The third-order valence-corrected chi connectivity index (χ3v) is 4.57. The fraction of sp³-hybridized carbons (Fsp3) is 0.250. The Kier molecular flexibility index (Phi) is 5.82. The molecule has 0 spiro atoms. The van der Waals surface area contributed by atoms with Gasteiger partial charge in [-0.2, -0.15) is 0 Å². The van der Waals surface area contributed by atoms with Crippen molar-refractivity contribution in [3.8, 4) is 5.75 Å². The van der Waals surface area contributed by atoms with Crippen LogP contribution in [-0.4, -0.2) is 11.4 Å². The van der Waals surface area contributed by atoms with Crippen LogP contribution in [0, 0.1) is 0 Å². The van der Waals surface area contributed by atoms with E-state index in [2.05, 4.69) is 42.8 Å². The highest BCUT2D eigenvalue weighted by molar-refractivity contribution is 7.98. The van der Waals surface area contributed by atoms with Gasteiger partial charge in [0, 0.05) is 28.1 Å². The number of aromatic hydroxyl groups is 1. The predicted octanol–water partition coefficient (Wildman–Crippen LogP) is 5.27. The maximum absolute atomic E-state index is 9.94. The molecule has 1 atom stereocenters. The lowest BCUT2D eigenvalue weighted by Gasteiger charge is -2.16. The fourth-order valence-corrected chi connectivity index (χ4v) is 2.97. The Bertz CT molecular complexity index is 616. The third-order valence-electron chi connectivity index (χ3n) is 3.32. The fourth-order valence-electron chi connectivity index (χ4n) is 2.03. The van der Waals surface area contributed by atoms with E-state index in [4.69, 9.17) is 23.2 Å². The normalized spacial score (nSPS) is 12.4. The Hall–Kier alpha value is -0.870. The van der Waals surface area contributed by atoms with Gasteiger partial charge in [0.25, 0.3) is 0 Å². The number of thioether (sulfide) groups is 1. The molecule has 2 aromatic rings. The zero-order valence-corrected chi connectivity index (χ0v) is 14.2. The summed E-state index contributed by atoms with van der Waals surface area (Å²) in [5.74, 6) is 0.0819. The van der Waals surface area contributed by atoms with Gasteiger partial charge in [0.05, 0.1) is 5.02 Å². The monoisotopic (exact) mass is 341 g/mol. The van der Waals surface area contributed by atoms with E-state index in [1.165, 1.54) is 16.5 Å². The molecule has 0 fully saturated rings. The van der Waals surface area contributed by atoms with Crippen LogP contribution in [0.5, 0.6) is 5.75 Å². The second kappa shape index (κ2) is 7.41. The summed E-state index contributed by atoms with van der Waals surface area (Å²) < 4.78 is 0. The van der Waals surface area contributed by atoms with Crippen molar-refractivity contribution in [2.75, 3.05) is 6.26 Å². The number of phenols is 1. The van der Waals surface area contributed by atoms with E-state index in [0.29, 0.717) is 17.1 Å². The largest absolute Gasteiger partial charge is 0.506 e. The molecule has 0 heterocycles. The zero-order chi connectivity index (χ0) is 15.4. The Balaban J connectivity index is 2.05. The molecule has 0 aliphatic rings. The van der Waals surface area contributed by atoms with E-state index >= 15 is 0 Å². The van der Waals surface area contributed by atoms with Crippen molar-refractivity contribution in [3.63, 3.8) is 0 Å². The van der Waals surface area contributed by atoms with Crippen LogP contribution < -0.4 is 5.32 Å². The lowest BCUT2D eigenvalue weighted by atomic mass is 10.1. The first-order chi connectivity index (χ1) is 10.0. The maximum Gasteiger partial charge on any atom is 0.138 e. The first kappa shape index (κ1) is 16.5. The highest BCUT2D eigenvalue weighted by Gasteiger charge is 2.10. The molecule has 0 amide bonds. The second-order valence-electron chi connectivity index (χ2n) is 4.77. The van der Waals surface area contributed by atoms with E-state index < -0.39 is 0 Å². The molecule has 2 aromatic carbocycles. The highest BCUT2D eigenvalue weighted by Crippen LogP contribution is 2.31. The van der Waals surface area contributed by atoms with Crippen LogP contribution in [0.25, 0.3) is 0 Å². The van der Waals surface area contributed by atoms with Gasteiger partial charge >= 0.3 is 0 Å². The highest BCUT2D eigenvalue weighted by atomic mass is 35.5. The van der Waals surface area contributed by atoms with Crippen LogP contribution >= 0.6 is 35.0 Å². The van der Waals surface area contributed by atoms with Crippen LogP contribution in [0.4, 0.5) is 0 Å². The molecule has 112 valence electrons. The minimum atomic E-state index is 0.0819. The van der Waals surface area contributed by atoms with Crippen molar-refractivity contribution < 1.29 is 5.11 Å². The van der Waals surface area contributed by atoms with E-state index in [1.807, 2.05) is 0 Å². The summed E-state index contributed by atoms with van der Waals surface area (Å²) in [6.07, 6.45) is 2.06. The van der Waals surface area contributed by atoms with Crippen LogP contribution in [-0.2, 0) is 6.54 Å². The average molecular weight is 342 g/mol. The van der Waals surface area contributed by atoms with Crippen molar-refractivity contribution >= 4 is 35.0 Å². The van der Waals surface area contributed by atoms with E-state index in [0.717, 1.165) is 0 Å². The smallest absolute Gasteiger partial charge is 0.138 e. The van der Waals surface area contributed by atoms with Crippen molar-refractivity contribution in [1.29, 1.82) is 0 Å². The molecule has 0 saturated heterocycles. The lowest BCUT2D eigenvalue weighted by Crippen LogP contribution is -2.18. The topological polar surface area (TPSA) is 32.3 Å². The van der Waals surface area contributed by atoms with Gasteiger partial charge in [0.15, 0.2) is 0 Å². The minimum absolute atomic E-state index is 0.0819. The van der Waals surface area contributed by atoms with Crippen LogP contribution in [0.15, 0.2) is 41.3 Å². The number of hydrogen-bond donors (Lipinski definition) is 2. The standard InChI is InChI=1S/C16H17Cl2NOS/c1-10(11-3-5-14(21-2)6-4-11)19-9-12-7-13(17)8-15(18)16(12)20/h3-8,10,19-20H,9H2,1-2H3. The molecule has 2 nitrogen and oxygen atoms in total. The molecule has 2 N–H and O–H groups in total. The molecule has 0 radical (unpaired) electrons. The number of rotatable bonds is 5. The van der Waals surface area contributed by atoms with Gasteiger partial charge < -0.3 is 10.4 Å². The molecule has 21 heavy (non-hydrogen) atoms. The molecule has 1 unspecified atom stereocenters. The summed E-state index contributed by atoms with van der Waals surface area (Å²) in [6.45, 7) is 2.58. The first-order valence-electron chi connectivity index (χ1n) is 6.55. The van der Waals surface area contributed by atoms with E-state index in [9.17, 15) is 5.11 Å². The lowest BCUT2D eigenvalue weighted by molar-refractivity contribution is 0.460. The Labute approximate surface area is 139 Å². The SMILES string of the molecule is CSc1ccc(C(C)NCc2cc(Cl)cc(Cl)c2O)cc1. The number of phenolic OH excluding ortho intramolecular Hbond substituents is 1. The number of benzene rings is 2. The predicted molar refractivity (Wildman–Crippen MR) is 91.6 cm³/mol. The van der Waals surface area contributed by atoms with E-state index in [-0.39, 0.29) is 16.8 Å². The summed E-state index contributed by atoms with van der Waals surface area (Å²) in [5, 5.41) is 14.1. The summed E-state index contributed by atoms with van der Waals surface area (Å²) >= 11 is 13.6. The first-order valence-corrected chi connectivity index (χ1v) is 8.53. The third kappa shape index (κ3) is 4.30. The average Bonchev–Trinajstić information content (AvgIpc) is 2.49. The van der Waals surface area contributed by atoms with Gasteiger partial charge in [-0.05, 0) is 43.0 Å². The number of hydrogen-bond acceptors (Lipinski definition) is 3. The molecular formula is C16H17Cl2NOS. The van der Waals surface area contributed by atoms with Gasteiger partial charge in [-0.25, -0.2) is 0 Å². The molecule has 0 bridgehead atoms. The Morgan fingerprint density at radius 1 is 1.19 bits per heavy atom. The Morgan fingerprint density at radius 3 is 2.48 bits per heavy atom. The van der Waals surface area contributed by atoms with Gasteiger partial charge in [0.2, 0.25) is 0 Å². The van der Waals surface area contributed by atoms with Gasteiger partial charge in [-0.3, -0.25) is 0 Å². The van der Waals surface area contributed by atoms with Crippen LogP contribution in [0.3, 0.4) is 0 Å².